The van der Waals surface area contributed by atoms with E-state index in [2.05, 4.69) is 25.6 Å². The van der Waals surface area contributed by atoms with E-state index in [1.807, 2.05) is 0 Å². The molecule has 14 heteroatoms. The van der Waals surface area contributed by atoms with Gasteiger partial charge in [-0.15, -0.1) is 0 Å². The number of pyridine rings is 3. The molecular formula is C26H31Cl3N6O5. The Balaban J connectivity index is 0.000000318. The Hall–Kier alpha value is -3.67. The fourth-order valence-electron chi connectivity index (χ4n) is 2.35. The molecule has 0 saturated carbocycles. The molecule has 0 aliphatic heterocycles. The molecule has 0 radical (unpaired) electrons. The van der Waals surface area contributed by atoms with Crippen LogP contribution < -0.4 is 16.4 Å². The third kappa shape index (κ3) is 15.7. The van der Waals surface area contributed by atoms with Crippen molar-refractivity contribution in [2.45, 2.75) is 52.7 Å². The minimum absolute atomic E-state index is 0.0850. The normalized spacial score (nSPS) is 10.5. The van der Waals surface area contributed by atoms with Crippen LogP contribution in [0.5, 0.6) is 0 Å². The van der Waals surface area contributed by atoms with Crippen LogP contribution in [0.15, 0.2) is 48.5 Å². The van der Waals surface area contributed by atoms with Gasteiger partial charge in [-0.05, 0) is 77.9 Å². The highest BCUT2D eigenvalue weighted by Crippen LogP contribution is 2.16. The van der Waals surface area contributed by atoms with Gasteiger partial charge in [0.1, 0.15) is 44.1 Å². The molecule has 11 nitrogen and oxygen atoms in total. The molecule has 0 aliphatic rings. The van der Waals surface area contributed by atoms with Gasteiger partial charge in [-0.25, -0.2) is 24.5 Å². The maximum Gasteiger partial charge on any atom is 0.413 e. The molecule has 4 N–H and O–H groups in total. The second kappa shape index (κ2) is 15.8. The van der Waals surface area contributed by atoms with Gasteiger partial charge in [-0.1, -0.05) is 46.9 Å². The quantitative estimate of drug-likeness (QED) is 0.204. The summed E-state index contributed by atoms with van der Waals surface area (Å²) < 4.78 is 10.1. The van der Waals surface area contributed by atoms with Crippen molar-refractivity contribution in [3.05, 3.63) is 69.6 Å². The Morgan fingerprint density at radius 2 is 1.25 bits per heavy atom. The predicted molar refractivity (Wildman–Crippen MR) is 157 cm³/mol. The van der Waals surface area contributed by atoms with Crippen LogP contribution in [0.1, 0.15) is 51.9 Å². The number of nitrogens with one attached hydrogen (secondary N) is 2. The summed E-state index contributed by atoms with van der Waals surface area (Å²) in [4.78, 5) is 45.0. The van der Waals surface area contributed by atoms with Gasteiger partial charge in [-0.2, -0.15) is 0 Å². The first-order valence-corrected chi connectivity index (χ1v) is 12.7. The topological polar surface area (TPSA) is 158 Å². The zero-order valence-corrected chi connectivity index (χ0v) is 25.1. The third-order valence-electron chi connectivity index (χ3n) is 3.72. The van der Waals surface area contributed by atoms with Crippen molar-refractivity contribution in [3.8, 4) is 0 Å². The molecule has 0 fully saturated rings. The van der Waals surface area contributed by atoms with Crippen molar-refractivity contribution in [2.75, 3.05) is 16.4 Å². The number of amides is 2. The van der Waals surface area contributed by atoms with E-state index in [0.717, 1.165) is 0 Å². The van der Waals surface area contributed by atoms with Gasteiger partial charge in [0, 0.05) is 0 Å². The van der Waals surface area contributed by atoms with E-state index < -0.39 is 23.4 Å². The van der Waals surface area contributed by atoms with E-state index in [1.54, 1.807) is 77.9 Å². The number of aromatic nitrogens is 3. The Kier molecular flexibility index (Phi) is 13.6. The SMILES string of the molecule is CC(C)(C)OC(=O)Nc1cccc(Cl)n1.CC(C)(C)OC(=O)Nc1nc(Cl)ccc1C=O.Nc1cccc(Cl)n1. The molecule has 0 aromatic carbocycles. The zero-order chi connectivity index (χ0) is 30.5. The van der Waals surface area contributed by atoms with Crippen molar-refractivity contribution >= 4 is 70.7 Å². The number of hydrogen-bond donors (Lipinski definition) is 3. The number of halogens is 3. The fraction of sp³-hybridized carbons (Fsp3) is 0.308. The van der Waals surface area contributed by atoms with Crippen LogP contribution in [0.4, 0.5) is 27.0 Å². The van der Waals surface area contributed by atoms with Gasteiger partial charge >= 0.3 is 12.2 Å². The summed E-state index contributed by atoms with van der Waals surface area (Å²) in [6.07, 6.45) is -0.650. The van der Waals surface area contributed by atoms with Gasteiger partial charge in [0.05, 0.1) is 5.56 Å². The van der Waals surface area contributed by atoms with Gasteiger partial charge in [-0.3, -0.25) is 15.4 Å². The van der Waals surface area contributed by atoms with Gasteiger partial charge in [0.25, 0.3) is 0 Å². The number of nitrogens with two attached hydrogens (primary N) is 1. The van der Waals surface area contributed by atoms with Crippen LogP contribution in [0.25, 0.3) is 0 Å². The Morgan fingerprint density at radius 3 is 1.70 bits per heavy atom. The van der Waals surface area contributed by atoms with Crippen molar-refractivity contribution < 1.29 is 23.9 Å². The highest BCUT2D eigenvalue weighted by Gasteiger charge is 2.18. The van der Waals surface area contributed by atoms with E-state index in [0.29, 0.717) is 28.2 Å². The molecule has 216 valence electrons. The molecule has 0 bridgehead atoms. The first kappa shape index (κ1) is 34.4. The lowest BCUT2D eigenvalue weighted by Gasteiger charge is -2.19. The minimum Gasteiger partial charge on any atom is -0.444 e. The van der Waals surface area contributed by atoms with Gasteiger partial charge < -0.3 is 15.2 Å². The molecule has 3 rings (SSSR count). The van der Waals surface area contributed by atoms with E-state index in [-0.39, 0.29) is 16.5 Å². The van der Waals surface area contributed by atoms with E-state index in [1.165, 1.54) is 12.1 Å². The standard InChI is InChI=1S/C11H13ClN2O3.C10H13ClN2O2.C5H5ClN2/c1-11(2,3)17-10(16)14-9-7(6-15)4-5-8(12)13-9;1-10(2,3)15-9(14)13-8-6-4-5-7(11)12-8;6-4-2-1-3-5(7)8-4/h4-6H,1-3H3,(H,13,14,16);4-6H,1-3H3,(H,12,13,14);1-3H,(H2,7,8). The lowest BCUT2D eigenvalue weighted by Crippen LogP contribution is -2.27. The molecule has 40 heavy (non-hydrogen) atoms. The van der Waals surface area contributed by atoms with Crippen LogP contribution in [0, 0.1) is 0 Å². The zero-order valence-electron chi connectivity index (χ0n) is 22.8. The Labute approximate surface area is 247 Å². The number of nitrogen functional groups attached to an aromatic ring is 1. The van der Waals surface area contributed by atoms with Gasteiger partial charge in [0.15, 0.2) is 6.29 Å². The van der Waals surface area contributed by atoms with E-state index in [4.69, 9.17) is 50.0 Å². The van der Waals surface area contributed by atoms with Crippen molar-refractivity contribution in [1.29, 1.82) is 0 Å². The Bertz CT molecular complexity index is 1280. The average molecular weight is 614 g/mol. The number of rotatable bonds is 3. The molecule has 0 spiro atoms. The highest BCUT2D eigenvalue weighted by molar-refractivity contribution is 6.30. The van der Waals surface area contributed by atoms with Crippen molar-refractivity contribution in [1.82, 2.24) is 15.0 Å². The summed E-state index contributed by atoms with van der Waals surface area (Å²) >= 11 is 16.8. The maximum absolute atomic E-state index is 11.5. The van der Waals surface area contributed by atoms with Crippen molar-refractivity contribution in [3.63, 3.8) is 0 Å². The molecule has 3 heterocycles. The summed E-state index contributed by atoms with van der Waals surface area (Å²) in [5.41, 5.74) is 4.35. The molecular weight excluding hydrogens is 583 g/mol. The number of aldehydes is 1. The van der Waals surface area contributed by atoms with Crippen molar-refractivity contribution in [2.24, 2.45) is 0 Å². The smallest absolute Gasteiger partial charge is 0.413 e. The molecule has 0 saturated heterocycles. The minimum atomic E-state index is -0.685. The highest BCUT2D eigenvalue weighted by atomic mass is 35.5. The van der Waals surface area contributed by atoms with Crippen LogP contribution in [-0.2, 0) is 9.47 Å². The third-order valence-corrected chi connectivity index (χ3v) is 4.35. The average Bonchev–Trinajstić information content (AvgIpc) is 2.77. The van der Waals surface area contributed by atoms with E-state index in [9.17, 15) is 14.4 Å². The summed E-state index contributed by atoms with van der Waals surface area (Å²) in [7, 11) is 0. The monoisotopic (exact) mass is 612 g/mol. The lowest BCUT2D eigenvalue weighted by molar-refractivity contribution is 0.0623. The van der Waals surface area contributed by atoms with Crippen LogP contribution in [-0.4, -0.2) is 44.6 Å². The van der Waals surface area contributed by atoms with Crippen LogP contribution in [0.2, 0.25) is 15.5 Å². The predicted octanol–water partition coefficient (Wildman–Crippen LogP) is 7.29. The number of ether oxygens (including phenoxy) is 2. The summed E-state index contributed by atoms with van der Waals surface area (Å²) in [5, 5.41) is 5.79. The molecule has 2 amide bonds. The maximum atomic E-state index is 11.5. The van der Waals surface area contributed by atoms with E-state index >= 15 is 0 Å². The van der Waals surface area contributed by atoms with Gasteiger partial charge in [0.2, 0.25) is 0 Å². The Morgan fingerprint density at radius 1 is 0.750 bits per heavy atom. The lowest BCUT2D eigenvalue weighted by atomic mass is 10.2. The second-order valence-electron chi connectivity index (χ2n) is 9.67. The number of carbonyl (C=O) groups is 3. The first-order chi connectivity index (χ1) is 18.5. The molecule has 0 atom stereocenters. The summed E-state index contributed by atoms with van der Waals surface area (Å²) in [5.74, 6) is 0.913. The number of carbonyl (C=O) groups excluding carboxylic acids is 3. The number of anilines is 3. The summed E-state index contributed by atoms with van der Waals surface area (Å²) in [6.45, 7) is 10.6. The second-order valence-corrected chi connectivity index (χ2v) is 10.8. The fourth-order valence-corrected chi connectivity index (χ4v) is 2.83. The summed E-state index contributed by atoms with van der Waals surface area (Å²) in [6, 6.07) is 13.0. The van der Waals surface area contributed by atoms with Crippen LogP contribution in [0.3, 0.4) is 0 Å². The molecule has 0 unspecified atom stereocenters. The number of nitrogens with zero attached hydrogens (tertiary/aromatic N) is 3. The molecule has 0 aliphatic carbocycles. The largest absolute Gasteiger partial charge is 0.444 e. The molecule has 3 aromatic rings. The number of hydrogen-bond acceptors (Lipinski definition) is 9. The first-order valence-electron chi connectivity index (χ1n) is 11.6. The van der Waals surface area contributed by atoms with Crippen LogP contribution >= 0.6 is 34.8 Å². The molecule has 3 aromatic heterocycles.